The van der Waals surface area contributed by atoms with Gasteiger partial charge < -0.3 is 10.8 Å². The molecule has 0 atom stereocenters. The molecule has 0 bridgehead atoms. The lowest BCUT2D eigenvalue weighted by molar-refractivity contribution is 0.322. The van der Waals surface area contributed by atoms with Crippen LogP contribution in [0, 0.1) is 6.92 Å². The molecular weight excluding hydrogens is 170 g/mol. The van der Waals surface area contributed by atoms with E-state index in [9.17, 15) is 0 Å². The van der Waals surface area contributed by atoms with Gasteiger partial charge in [-0.05, 0) is 18.6 Å². The SMILES string of the molecule is Cc1cccc(N)c1SCCO. The molecule has 3 heteroatoms. The maximum absolute atomic E-state index is 8.65. The summed E-state index contributed by atoms with van der Waals surface area (Å²) in [6, 6.07) is 5.84. The van der Waals surface area contributed by atoms with Gasteiger partial charge in [0.25, 0.3) is 0 Å². The summed E-state index contributed by atoms with van der Waals surface area (Å²) in [6.07, 6.45) is 0. The molecule has 12 heavy (non-hydrogen) atoms. The van der Waals surface area contributed by atoms with Gasteiger partial charge in [0.1, 0.15) is 0 Å². The summed E-state index contributed by atoms with van der Waals surface area (Å²) in [5, 5.41) is 8.65. The van der Waals surface area contributed by atoms with Crippen molar-refractivity contribution in [2.75, 3.05) is 18.1 Å². The van der Waals surface area contributed by atoms with Crippen molar-refractivity contribution in [3.05, 3.63) is 23.8 Å². The zero-order valence-corrected chi connectivity index (χ0v) is 7.90. The molecule has 0 saturated heterocycles. The van der Waals surface area contributed by atoms with E-state index in [0.717, 1.165) is 10.6 Å². The third-order valence-electron chi connectivity index (χ3n) is 1.58. The average molecular weight is 183 g/mol. The molecule has 0 unspecified atom stereocenters. The van der Waals surface area contributed by atoms with Crippen LogP contribution in [0.3, 0.4) is 0 Å². The van der Waals surface area contributed by atoms with Crippen LogP contribution in [0.15, 0.2) is 23.1 Å². The lowest BCUT2D eigenvalue weighted by Gasteiger charge is -2.06. The van der Waals surface area contributed by atoms with Crippen molar-refractivity contribution in [1.29, 1.82) is 0 Å². The van der Waals surface area contributed by atoms with E-state index >= 15 is 0 Å². The number of hydrogen-bond donors (Lipinski definition) is 2. The summed E-state index contributed by atoms with van der Waals surface area (Å²) >= 11 is 1.60. The molecule has 3 N–H and O–H groups in total. The van der Waals surface area contributed by atoms with Crippen LogP contribution in [0.1, 0.15) is 5.56 Å². The summed E-state index contributed by atoms with van der Waals surface area (Å²) in [5.74, 6) is 0.703. The zero-order valence-electron chi connectivity index (χ0n) is 7.08. The molecule has 0 aromatic heterocycles. The van der Waals surface area contributed by atoms with E-state index < -0.39 is 0 Å². The zero-order chi connectivity index (χ0) is 8.97. The van der Waals surface area contributed by atoms with Crippen LogP contribution in [0.5, 0.6) is 0 Å². The molecular formula is C9H13NOS. The van der Waals surface area contributed by atoms with Gasteiger partial charge in [-0.25, -0.2) is 0 Å². The third kappa shape index (κ3) is 2.16. The number of aliphatic hydroxyl groups excluding tert-OH is 1. The first-order valence-electron chi connectivity index (χ1n) is 3.84. The minimum atomic E-state index is 0.193. The Labute approximate surface area is 76.8 Å². The Hall–Kier alpha value is -0.670. The number of anilines is 1. The molecule has 0 radical (unpaired) electrons. The smallest absolute Gasteiger partial charge is 0.0525 e. The Morgan fingerprint density at radius 2 is 2.25 bits per heavy atom. The summed E-state index contributed by atoms with van der Waals surface area (Å²) in [5.41, 5.74) is 7.73. The Morgan fingerprint density at radius 3 is 2.83 bits per heavy atom. The van der Waals surface area contributed by atoms with E-state index in [4.69, 9.17) is 10.8 Å². The molecule has 0 heterocycles. The van der Waals surface area contributed by atoms with Gasteiger partial charge in [-0.1, -0.05) is 12.1 Å². The Morgan fingerprint density at radius 1 is 1.50 bits per heavy atom. The molecule has 2 nitrogen and oxygen atoms in total. The predicted molar refractivity (Wildman–Crippen MR) is 53.4 cm³/mol. The van der Waals surface area contributed by atoms with Gasteiger partial charge in [0.05, 0.1) is 6.61 Å². The number of aryl methyl sites for hydroxylation is 1. The Bertz CT molecular complexity index is 242. The van der Waals surface area contributed by atoms with E-state index in [2.05, 4.69) is 0 Å². The molecule has 0 saturated carbocycles. The second-order valence-corrected chi connectivity index (χ2v) is 3.67. The molecule has 0 spiro atoms. The third-order valence-corrected chi connectivity index (χ3v) is 2.81. The van der Waals surface area contributed by atoms with Crippen molar-refractivity contribution in [2.45, 2.75) is 11.8 Å². The summed E-state index contributed by atoms with van der Waals surface area (Å²) in [6.45, 7) is 2.22. The van der Waals surface area contributed by atoms with E-state index in [0.29, 0.717) is 5.75 Å². The van der Waals surface area contributed by atoms with Gasteiger partial charge >= 0.3 is 0 Å². The predicted octanol–water partition coefficient (Wildman–Crippen LogP) is 1.66. The molecule has 0 aliphatic rings. The maximum atomic E-state index is 8.65. The molecule has 66 valence electrons. The van der Waals surface area contributed by atoms with E-state index in [-0.39, 0.29) is 6.61 Å². The first-order chi connectivity index (χ1) is 5.75. The number of nitrogens with two attached hydrogens (primary N) is 1. The van der Waals surface area contributed by atoms with Crippen LogP contribution in [0.4, 0.5) is 5.69 Å². The van der Waals surface area contributed by atoms with Crippen molar-refractivity contribution < 1.29 is 5.11 Å². The fraction of sp³-hybridized carbons (Fsp3) is 0.333. The first kappa shape index (κ1) is 9.42. The quantitative estimate of drug-likeness (QED) is 0.553. The second-order valence-electron chi connectivity index (χ2n) is 2.57. The number of aliphatic hydroxyl groups is 1. The van der Waals surface area contributed by atoms with E-state index in [1.54, 1.807) is 11.8 Å². The minimum absolute atomic E-state index is 0.193. The molecule has 0 fully saturated rings. The number of rotatable bonds is 3. The van der Waals surface area contributed by atoms with Crippen LogP contribution in [0.2, 0.25) is 0 Å². The van der Waals surface area contributed by atoms with Crippen molar-refractivity contribution >= 4 is 17.4 Å². The average Bonchev–Trinajstić information content (AvgIpc) is 2.04. The maximum Gasteiger partial charge on any atom is 0.0525 e. The topological polar surface area (TPSA) is 46.2 Å². The van der Waals surface area contributed by atoms with Gasteiger partial charge in [-0.3, -0.25) is 0 Å². The fourth-order valence-corrected chi connectivity index (χ4v) is 1.85. The highest BCUT2D eigenvalue weighted by Gasteiger charge is 2.01. The largest absolute Gasteiger partial charge is 0.398 e. The van der Waals surface area contributed by atoms with Crippen LogP contribution in [-0.2, 0) is 0 Å². The second kappa shape index (κ2) is 4.38. The summed E-state index contributed by atoms with van der Waals surface area (Å²) < 4.78 is 0. The van der Waals surface area contributed by atoms with Gasteiger partial charge in [-0.15, -0.1) is 11.8 Å². The minimum Gasteiger partial charge on any atom is -0.398 e. The Balaban J connectivity index is 2.81. The van der Waals surface area contributed by atoms with Crippen LogP contribution >= 0.6 is 11.8 Å². The highest BCUT2D eigenvalue weighted by molar-refractivity contribution is 7.99. The number of hydrogen-bond acceptors (Lipinski definition) is 3. The molecule has 1 aromatic carbocycles. The molecule has 0 aliphatic carbocycles. The molecule has 0 aliphatic heterocycles. The Kier molecular flexibility index (Phi) is 3.44. The number of benzene rings is 1. The highest BCUT2D eigenvalue weighted by atomic mass is 32.2. The lowest BCUT2D eigenvalue weighted by atomic mass is 10.2. The van der Waals surface area contributed by atoms with Crippen LogP contribution < -0.4 is 5.73 Å². The normalized spacial score (nSPS) is 10.2. The first-order valence-corrected chi connectivity index (χ1v) is 4.83. The van der Waals surface area contributed by atoms with Crippen molar-refractivity contribution in [3.8, 4) is 0 Å². The molecule has 0 amide bonds. The van der Waals surface area contributed by atoms with E-state index in [1.165, 1.54) is 5.56 Å². The van der Waals surface area contributed by atoms with Gasteiger partial charge in [0.15, 0.2) is 0 Å². The molecule has 1 aromatic rings. The van der Waals surface area contributed by atoms with Gasteiger partial charge in [0.2, 0.25) is 0 Å². The fourth-order valence-electron chi connectivity index (χ4n) is 1.02. The number of thioether (sulfide) groups is 1. The van der Waals surface area contributed by atoms with Crippen molar-refractivity contribution in [2.24, 2.45) is 0 Å². The van der Waals surface area contributed by atoms with Crippen molar-refractivity contribution in [3.63, 3.8) is 0 Å². The monoisotopic (exact) mass is 183 g/mol. The molecule has 1 rings (SSSR count). The standard InChI is InChI=1S/C9H13NOS/c1-7-3-2-4-8(10)9(7)12-6-5-11/h2-4,11H,5-6,10H2,1H3. The summed E-state index contributed by atoms with van der Waals surface area (Å²) in [7, 11) is 0. The summed E-state index contributed by atoms with van der Waals surface area (Å²) in [4.78, 5) is 1.09. The van der Waals surface area contributed by atoms with Crippen molar-refractivity contribution in [1.82, 2.24) is 0 Å². The van der Waals surface area contributed by atoms with Gasteiger partial charge in [-0.2, -0.15) is 0 Å². The lowest BCUT2D eigenvalue weighted by Crippen LogP contribution is -1.93. The van der Waals surface area contributed by atoms with Crippen LogP contribution in [-0.4, -0.2) is 17.5 Å². The van der Waals surface area contributed by atoms with Gasteiger partial charge in [0, 0.05) is 16.3 Å². The van der Waals surface area contributed by atoms with Crippen LogP contribution in [0.25, 0.3) is 0 Å². The number of nitrogen functional groups attached to an aromatic ring is 1. The van der Waals surface area contributed by atoms with E-state index in [1.807, 2.05) is 25.1 Å². The highest BCUT2D eigenvalue weighted by Crippen LogP contribution is 2.27.